The molecule has 3 nitrogen and oxygen atoms in total. The Morgan fingerprint density at radius 1 is 1.14 bits per heavy atom. The fraction of sp³-hybridized carbons (Fsp3) is 1.00. The molecule has 2 atom stereocenters. The SMILES string of the molecule is CNC(C1CCOC2(CCCC2)C1)C(C)(C)N1CCCC1. The smallest absolute Gasteiger partial charge is 0.0685 e. The normalized spacial score (nSPS) is 31.9. The summed E-state index contributed by atoms with van der Waals surface area (Å²) in [7, 11) is 2.17. The van der Waals surface area contributed by atoms with E-state index in [1.165, 1.54) is 64.5 Å². The molecule has 0 radical (unpaired) electrons. The molecular weight excluding hydrogens is 260 g/mol. The molecule has 122 valence electrons. The Morgan fingerprint density at radius 2 is 1.81 bits per heavy atom. The number of ether oxygens (including phenoxy) is 1. The molecule has 0 aromatic carbocycles. The Bertz CT molecular complexity index is 343. The topological polar surface area (TPSA) is 24.5 Å². The minimum absolute atomic E-state index is 0.235. The summed E-state index contributed by atoms with van der Waals surface area (Å²) in [5.74, 6) is 0.762. The first-order valence-electron chi connectivity index (χ1n) is 9.14. The van der Waals surface area contributed by atoms with Crippen LogP contribution in [0.2, 0.25) is 0 Å². The third-order valence-corrected chi connectivity index (χ3v) is 6.51. The van der Waals surface area contributed by atoms with Crippen molar-refractivity contribution in [3.05, 3.63) is 0 Å². The standard InChI is InChI=1S/C18H34N2O/c1-17(2,20-11-6-7-12-20)16(19-3)15-8-13-21-18(14-15)9-4-5-10-18/h15-16,19H,4-14H2,1-3H3. The van der Waals surface area contributed by atoms with Crippen LogP contribution in [-0.2, 0) is 4.74 Å². The lowest BCUT2D eigenvalue weighted by molar-refractivity contribution is -0.106. The van der Waals surface area contributed by atoms with E-state index in [-0.39, 0.29) is 11.1 Å². The maximum atomic E-state index is 6.25. The lowest BCUT2D eigenvalue weighted by atomic mass is 9.74. The summed E-state index contributed by atoms with van der Waals surface area (Å²) in [6.45, 7) is 8.44. The van der Waals surface area contributed by atoms with Crippen molar-refractivity contribution in [1.29, 1.82) is 0 Å². The molecule has 21 heavy (non-hydrogen) atoms. The predicted octanol–water partition coefficient (Wildman–Crippen LogP) is 3.19. The zero-order valence-electron chi connectivity index (χ0n) is 14.3. The van der Waals surface area contributed by atoms with Gasteiger partial charge in [0.15, 0.2) is 0 Å². The molecule has 3 aliphatic rings. The summed E-state index contributed by atoms with van der Waals surface area (Å²) >= 11 is 0. The molecule has 0 bridgehead atoms. The van der Waals surface area contributed by atoms with E-state index in [2.05, 4.69) is 31.1 Å². The van der Waals surface area contributed by atoms with Crippen LogP contribution in [0.1, 0.15) is 65.2 Å². The number of nitrogens with one attached hydrogen (secondary N) is 1. The lowest BCUT2D eigenvalue weighted by Gasteiger charge is -2.49. The monoisotopic (exact) mass is 294 g/mol. The lowest BCUT2D eigenvalue weighted by Crippen LogP contribution is -2.60. The largest absolute Gasteiger partial charge is 0.375 e. The van der Waals surface area contributed by atoms with Gasteiger partial charge in [-0.1, -0.05) is 12.8 Å². The average molecular weight is 294 g/mol. The Kier molecular flexibility index (Phi) is 4.63. The molecule has 3 heteroatoms. The molecule has 3 rings (SSSR count). The van der Waals surface area contributed by atoms with Crippen LogP contribution in [0.15, 0.2) is 0 Å². The van der Waals surface area contributed by atoms with Crippen LogP contribution in [0.4, 0.5) is 0 Å². The second-order valence-corrected chi connectivity index (χ2v) is 8.11. The Labute approximate surface area is 130 Å². The van der Waals surface area contributed by atoms with E-state index in [9.17, 15) is 0 Å². The van der Waals surface area contributed by atoms with E-state index in [0.29, 0.717) is 6.04 Å². The highest BCUT2D eigenvalue weighted by Crippen LogP contribution is 2.44. The van der Waals surface area contributed by atoms with E-state index in [4.69, 9.17) is 4.74 Å². The third kappa shape index (κ3) is 3.02. The van der Waals surface area contributed by atoms with Gasteiger partial charge in [0.1, 0.15) is 0 Å². The molecular formula is C18H34N2O. The average Bonchev–Trinajstić information content (AvgIpc) is 3.11. The maximum Gasteiger partial charge on any atom is 0.0685 e. The zero-order chi connectivity index (χ0) is 14.9. The summed E-state index contributed by atoms with van der Waals surface area (Å²) in [6.07, 6.45) is 10.6. The van der Waals surface area contributed by atoms with Gasteiger partial charge in [0.2, 0.25) is 0 Å². The number of hydrogen-bond acceptors (Lipinski definition) is 3. The first kappa shape index (κ1) is 15.8. The van der Waals surface area contributed by atoms with E-state index >= 15 is 0 Å². The number of nitrogens with zero attached hydrogens (tertiary/aromatic N) is 1. The summed E-state index contributed by atoms with van der Waals surface area (Å²) in [5.41, 5.74) is 0.492. The van der Waals surface area contributed by atoms with Crippen molar-refractivity contribution in [2.45, 2.75) is 82.4 Å². The Hall–Kier alpha value is -0.120. The highest BCUT2D eigenvalue weighted by molar-refractivity contribution is 5.02. The summed E-state index contributed by atoms with van der Waals surface area (Å²) in [5, 5.41) is 3.70. The van der Waals surface area contributed by atoms with Gasteiger partial charge in [-0.2, -0.15) is 0 Å². The fourth-order valence-corrected chi connectivity index (χ4v) is 5.37. The first-order valence-corrected chi connectivity index (χ1v) is 9.14. The highest BCUT2D eigenvalue weighted by Gasteiger charge is 2.46. The molecule has 0 aromatic heterocycles. The van der Waals surface area contributed by atoms with Crippen LogP contribution < -0.4 is 5.32 Å². The summed E-state index contributed by atoms with van der Waals surface area (Å²) in [6, 6.07) is 0.581. The Morgan fingerprint density at radius 3 is 2.43 bits per heavy atom. The quantitative estimate of drug-likeness (QED) is 0.862. The Balaban J connectivity index is 1.72. The summed E-state index contributed by atoms with van der Waals surface area (Å²) < 4.78 is 6.25. The summed E-state index contributed by atoms with van der Waals surface area (Å²) in [4.78, 5) is 2.71. The molecule has 1 saturated carbocycles. The van der Waals surface area contributed by atoms with E-state index < -0.39 is 0 Å². The fourth-order valence-electron chi connectivity index (χ4n) is 5.37. The molecule has 1 N–H and O–H groups in total. The van der Waals surface area contributed by atoms with Crippen molar-refractivity contribution in [2.24, 2.45) is 5.92 Å². The van der Waals surface area contributed by atoms with Gasteiger partial charge < -0.3 is 10.1 Å². The van der Waals surface area contributed by atoms with E-state index in [0.717, 1.165) is 12.5 Å². The predicted molar refractivity (Wildman–Crippen MR) is 87.6 cm³/mol. The van der Waals surface area contributed by atoms with Crippen LogP contribution in [0.25, 0.3) is 0 Å². The van der Waals surface area contributed by atoms with Crippen LogP contribution in [0, 0.1) is 5.92 Å². The van der Waals surface area contributed by atoms with Gasteiger partial charge in [-0.15, -0.1) is 0 Å². The van der Waals surface area contributed by atoms with Gasteiger partial charge in [-0.25, -0.2) is 0 Å². The maximum absolute atomic E-state index is 6.25. The van der Waals surface area contributed by atoms with Crippen molar-refractivity contribution >= 4 is 0 Å². The van der Waals surface area contributed by atoms with Crippen molar-refractivity contribution in [3.63, 3.8) is 0 Å². The van der Waals surface area contributed by atoms with Gasteiger partial charge in [0.05, 0.1) is 5.60 Å². The molecule has 1 aliphatic carbocycles. The van der Waals surface area contributed by atoms with Crippen LogP contribution in [0.3, 0.4) is 0 Å². The van der Waals surface area contributed by atoms with E-state index in [1.54, 1.807) is 0 Å². The highest BCUT2D eigenvalue weighted by atomic mass is 16.5. The van der Waals surface area contributed by atoms with Crippen molar-refractivity contribution < 1.29 is 4.74 Å². The first-order chi connectivity index (χ1) is 10.1. The number of likely N-dealkylation sites (N-methyl/N-ethyl adjacent to an activating group) is 1. The number of rotatable bonds is 4. The van der Waals surface area contributed by atoms with Gasteiger partial charge in [0.25, 0.3) is 0 Å². The molecule has 1 spiro atoms. The second-order valence-electron chi connectivity index (χ2n) is 8.11. The molecule has 3 fully saturated rings. The number of hydrogen-bond donors (Lipinski definition) is 1. The van der Waals surface area contributed by atoms with Gasteiger partial charge in [0, 0.05) is 18.2 Å². The van der Waals surface area contributed by atoms with Crippen LogP contribution in [-0.4, -0.2) is 48.8 Å². The molecule has 2 aliphatic heterocycles. The third-order valence-electron chi connectivity index (χ3n) is 6.51. The van der Waals surface area contributed by atoms with Crippen molar-refractivity contribution in [3.8, 4) is 0 Å². The molecule has 0 amide bonds. The molecule has 2 heterocycles. The minimum atomic E-state index is 0.235. The van der Waals surface area contributed by atoms with Crippen molar-refractivity contribution in [2.75, 3.05) is 26.7 Å². The van der Waals surface area contributed by atoms with Crippen LogP contribution >= 0.6 is 0 Å². The van der Waals surface area contributed by atoms with Crippen molar-refractivity contribution in [1.82, 2.24) is 10.2 Å². The van der Waals surface area contributed by atoms with Crippen LogP contribution in [0.5, 0.6) is 0 Å². The van der Waals surface area contributed by atoms with Gasteiger partial charge in [-0.05, 0) is 78.4 Å². The molecule has 2 unspecified atom stereocenters. The van der Waals surface area contributed by atoms with Gasteiger partial charge >= 0.3 is 0 Å². The second kappa shape index (κ2) is 6.17. The zero-order valence-corrected chi connectivity index (χ0v) is 14.3. The van der Waals surface area contributed by atoms with Gasteiger partial charge in [-0.3, -0.25) is 4.90 Å². The molecule has 2 saturated heterocycles. The number of likely N-dealkylation sites (tertiary alicyclic amines) is 1. The molecule has 0 aromatic rings. The van der Waals surface area contributed by atoms with E-state index in [1.807, 2.05) is 0 Å². The minimum Gasteiger partial charge on any atom is -0.375 e.